The molecule has 1 fully saturated rings. The van der Waals surface area contributed by atoms with Crippen LogP contribution in [-0.4, -0.2) is 18.0 Å². The average Bonchev–Trinajstić information content (AvgIpc) is 2.16. The molecular formula is C9H18N4O. The van der Waals surface area contributed by atoms with Gasteiger partial charge in [-0.25, -0.2) is 0 Å². The van der Waals surface area contributed by atoms with Crippen molar-refractivity contribution < 1.29 is 4.79 Å². The molecule has 0 aromatic carbocycles. The van der Waals surface area contributed by atoms with Gasteiger partial charge in [-0.05, 0) is 25.7 Å². The molecule has 1 aliphatic rings. The number of nitrogens with two attached hydrogens (primary N) is 3. The first-order valence-electron chi connectivity index (χ1n) is 4.86. The molecule has 0 aromatic heterocycles. The molecule has 0 radical (unpaired) electrons. The lowest BCUT2D eigenvalue weighted by molar-refractivity contribution is -0.114. The molecule has 1 aliphatic carbocycles. The van der Waals surface area contributed by atoms with Crippen molar-refractivity contribution in [2.75, 3.05) is 0 Å². The number of hydrogen-bond donors (Lipinski definition) is 4. The fraction of sp³-hybridized carbons (Fsp3) is 0.667. The van der Waals surface area contributed by atoms with E-state index in [1.54, 1.807) is 0 Å². The van der Waals surface area contributed by atoms with Gasteiger partial charge < -0.3 is 22.5 Å². The van der Waals surface area contributed by atoms with E-state index in [1.165, 1.54) is 6.20 Å². The number of primary amides is 1. The van der Waals surface area contributed by atoms with Gasteiger partial charge in [0.2, 0.25) is 0 Å². The van der Waals surface area contributed by atoms with E-state index in [1.807, 2.05) is 0 Å². The minimum Gasteiger partial charge on any atom is -0.393 e. The van der Waals surface area contributed by atoms with Gasteiger partial charge in [0.05, 0.1) is 0 Å². The third-order valence-corrected chi connectivity index (χ3v) is 2.53. The van der Waals surface area contributed by atoms with Crippen molar-refractivity contribution in [1.29, 1.82) is 0 Å². The molecule has 0 heterocycles. The minimum absolute atomic E-state index is 0.0693. The molecule has 0 aromatic rings. The first-order chi connectivity index (χ1) is 6.59. The summed E-state index contributed by atoms with van der Waals surface area (Å²) in [5, 5.41) is 3.08. The highest BCUT2D eigenvalue weighted by Gasteiger charge is 2.17. The highest BCUT2D eigenvalue weighted by Crippen LogP contribution is 2.16. The summed E-state index contributed by atoms with van der Waals surface area (Å²) in [6, 6.07) is 0.693. The maximum atomic E-state index is 10.6. The Bertz CT molecular complexity index is 231. The van der Waals surface area contributed by atoms with Gasteiger partial charge in [-0.15, -0.1) is 0 Å². The van der Waals surface area contributed by atoms with E-state index in [0.29, 0.717) is 12.1 Å². The van der Waals surface area contributed by atoms with Crippen LogP contribution in [0.2, 0.25) is 0 Å². The second-order valence-corrected chi connectivity index (χ2v) is 3.74. The highest BCUT2D eigenvalue weighted by atomic mass is 16.1. The summed E-state index contributed by atoms with van der Waals surface area (Å²) < 4.78 is 0. The van der Waals surface area contributed by atoms with E-state index in [9.17, 15) is 4.79 Å². The van der Waals surface area contributed by atoms with Gasteiger partial charge in [0, 0.05) is 18.3 Å². The Morgan fingerprint density at radius 3 is 2.29 bits per heavy atom. The number of carbonyl (C=O) groups is 1. The third-order valence-electron chi connectivity index (χ3n) is 2.53. The van der Waals surface area contributed by atoms with E-state index < -0.39 is 5.91 Å². The Labute approximate surface area is 83.7 Å². The minimum atomic E-state index is -0.593. The lowest BCUT2D eigenvalue weighted by Crippen LogP contribution is -2.36. The molecule has 1 amide bonds. The van der Waals surface area contributed by atoms with Gasteiger partial charge in [0.1, 0.15) is 5.70 Å². The molecule has 7 N–H and O–H groups in total. The number of nitrogens with one attached hydrogen (secondary N) is 1. The molecule has 1 saturated carbocycles. The Hall–Kier alpha value is -1.23. The van der Waals surface area contributed by atoms with Crippen molar-refractivity contribution in [2.45, 2.75) is 37.8 Å². The van der Waals surface area contributed by atoms with E-state index >= 15 is 0 Å². The Balaban J connectivity index is 2.32. The number of rotatable bonds is 3. The van der Waals surface area contributed by atoms with Gasteiger partial charge in [0.15, 0.2) is 0 Å². The normalized spacial score (nSPS) is 28.5. The third kappa shape index (κ3) is 3.26. The van der Waals surface area contributed by atoms with Crippen LogP contribution in [0.3, 0.4) is 0 Å². The van der Waals surface area contributed by atoms with Gasteiger partial charge >= 0.3 is 0 Å². The lowest BCUT2D eigenvalue weighted by Gasteiger charge is -2.26. The van der Waals surface area contributed by atoms with Crippen LogP contribution >= 0.6 is 0 Å². The number of hydrogen-bond acceptors (Lipinski definition) is 4. The van der Waals surface area contributed by atoms with Crippen molar-refractivity contribution in [3.8, 4) is 0 Å². The monoisotopic (exact) mass is 198 g/mol. The predicted molar refractivity (Wildman–Crippen MR) is 54.8 cm³/mol. The summed E-state index contributed by atoms with van der Waals surface area (Å²) >= 11 is 0. The van der Waals surface area contributed by atoms with Crippen LogP contribution < -0.4 is 22.5 Å². The fourth-order valence-corrected chi connectivity index (χ4v) is 1.56. The van der Waals surface area contributed by atoms with Crippen LogP contribution in [0, 0.1) is 0 Å². The summed E-state index contributed by atoms with van der Waals surface area (Å²) in [6.07, 6.45) is 5.56. The molecule has 1 rings (SSSR count). The van der Waals surface area contributed by atoms with Gasteiger partial charge in [-0.2, -0.15) is 0 Å². The predicted octanol–water partition coefficient (Wildman–Crippen LogP) is -0.869. The smallest absolute Gasteiger partial charge is 0.266 e. The average molecular weight is 198 g/mol. The van der Waals surface area contributed by atoms with Crippen molar-refractivity contribution in [3.63, 3.8) is 0 Å². The molecule has 0 unspecified atom stereocenters. The topological polar surface area (TPSA) is 107 Å². The summed E-state index contributed by atoms with van der Waals surface area (Å²) in [5.74, 6) is -0.593. The largest absolute Gasteiger partial charge is 0.393 e. The first kappa shape index (κ1) is 10.8. The first-order valence-corrected chi connectivity index (χ1v) is 4.86. The molecule has 0 saturated heterocycles. The molecule has 0 atom stereocenters. The number of carbonyl (C=O) groups excluding carboxylic acids is 1. The van der Waals surface area contributed by atoms with Crippen LogP contribution in [0.15, 0.2) is 11.9 Å². The zero-order valence-corrected chi connectivity index (χ0v) is 8.20. The van der Waals surface area contributed by atoms with Crippen molar-refractivity contribution in [3.05, 3.63) is 11.9 Å². The van der Waals surface area contributed by atoms with Crippen LogP contribution in [-0.2, 0) is 4.79 Å². The second kappa shape index (κ2) is 4.85. The van der Waals surface area contributed by atoms with Crippen molar-refractivity contribution >= 4 is 5.91 Å². The van der Waals surface area contributed by atoms with Crippen LogP contribution in [0.25, 0.3) is 0 Å². The second-order valence-electron chi connectivity index (χ2n) is 3.74. The quantitative estimate of drug-likeness (QED) is 0.442. The standard InChI is InChI=1S/C9H18N4O/c10-6-1-3-7(4-2-6)13-5-8(11)9(12)14/h5-7,13H,1-4,10-11H2,(H2,12,14)/b8-5-. The molecule has 0 bridgehead atoms. The molecule has 0 spiro atoms. The zero-order chi connectivity index (χ0) is 10.6. The summed E-state index contributed by atoms with van der Waals surface area (Å²) in [5.41, 5.74) is 16.2. The van der Waals surface area contributed by atoms with Gasteiger partial charge in [-0.3, -0.25) is 4.79 Å². The molecule has 0 aliphatic heterocycles. The molecule has 5 nitrogen and oxygen atoms in total. The van der Waals surface area contributed by atoms with E-state index in [4.69, 9.17) is 17.2 Å². The zero-order valence-electron chi connectivity index (χ0n) is 8.20. The maximum Gasteiger partial charge on any atom is 0.266 e. The van der Waals surface area contributed by atoms with Crippen LogP contribution in [0.1, 0.15) is 25.7 Å². The molecular weight excluding hydrogens is 180 g/mol. The summed E-state index contributed by atoms with van der Waals surface area (Å²) in [7, 11) is 0. The van der Waals surface area contributed by atoms with Crippen molar-refractivity contribution in [2.24, 2.45) is 17.2 Å². The number of amides is 1. The fourth-order valence-electron chi connectivity index (χ4n) is 1.56. The Morgan fingerprint density at radius 1 is 1.21 bits per heavy atom. The lowest BCUT2D eigenvalue weighted by atomic mass is 9.92. The molecule has 14 heavy (non-hydrogen) atoms. The van der Waals surface area contributed by atoms with Crippen LogP contribution in [0.4, 0.5) is 0 Å². The van der Waals surface area contributed by atoms with E-state index in [2.05, 4.69) is 5.32 Å². The Kier molecular flexibility index (Phi) is 3.76. The summed E-state index contributed by atoms with van der Waals surface area (Å²) in [6.45, 7) is 0. The SMILES string of the molecule is NC(=O)/C(N)=C/NC1CCC(N)CC1. The Morgan fingerprint density at radius 2 is 1.79 bits per heavy atom. The van der Waals surface area contributed by atoms with Crippen molar-refractivity contribution in [1.82, 2.24) is 5.32 Å². The van der Waals surface area contributed by atoms with E-state index in [0.717, 1.165) is 25.7 Å². The summed E-state index contributed by atoms with van der Waals surface area (Å²) in [4.78, 5) is 10.6. The van der Waals surface area contributed by atoms with E-state index in [-0.39, 0.29) is 5.70 Å². The molecule has 5 heteroatoms. The van der Waals surface area contributed by atoms with Crippen LogP contribution in [0.5, 0.6) is 0 Å². The molecule has 80 valence electrons. The highest BCUT2D eigenvalue weighted by molar-refractivity contribution is 5.90. The maximum absolute atomic E-state index is 10.6. The van der Waals surface area contributed by atoms with Gasteiger partial charge in [-0.1, -0.05) is 0 Å². The van der Waals surface area contributed by atoms with Gasteiger partial charge in [0.25, 0.3) is 5.91 Å².